The Hall–Kier alpha value is -2.82. The molecule has 2 aromatic carbocycles. The summed E-state index contributed by atoms with van der Waals surface area (Å²) in [6.45, 7) is 5.12. The fraction of sp³-hybridized carbons (Fsp3) is 0.417. The third kappa shape index (κ3) is 8.38. The Labute approximate surface area is 173 Å². The van der Waals surface area contributed by atoms with Crippen LogP contribution in [0.1, 0.15) is 61.9 Å². The summed E-state index contributed by atoms with van der Waals surface area (Å²) in [5.41, 5.74) is 2.45. The highest BCUT2D eigenvalue weighted by atomic mass is 16.5. The van der Waals surface area contributed by atoms with Crippen LogP contribution in [-0.2, 0) is 16.0 Å². The summed E-state index contributed by atoms with van der Waals surface area (Å²) in [6, 6.07) is 14.8. The number of hydrogen-bond acceptors (Lipinski definition) is 4. The minimum absolute atomic E-state index is 0.0785. The van der Waals surface area contributed by atoms with Gasteiger partial charge in [-0.2, -0.15) is 0 Å². The molecule has 1 N–H and O–H groups in total. The lowest BCUT2D eigenvalue weighted by Crippen LogP contribution is -2.13. The maximum Gasteiger partial charge on any atom is 0.338 e. The second-order valence-electron chi connectivity index (χ2n) is 6.96. The highest BCUT2D eigenvalue weighted by Crippen LogP contribution is 2.14. The Kier molecular flexibility index (Phi) is 9.76. The molecule has 0 bridgehead atoms. The summed E-state index contributed by atoms with van der Waals surface area (Å²) in [5, 5.41) is 2.83. The molecule has 0 spiro atoms. The molecule has 0 aliphatic carbocycles. The minimum atomic E-state index is -0.337. The van der Waals surface area contributed by atoms with Crippen molar-refractivity contribution >= 4 is 17.6 Å². The molecular weight excluding hydrogens is 366 g/mol. The van der Waals surface area contributed by atoms with Crippen LogP contribution in [0.4, 0.5) is 5.69 Å². The first-order valence-corrected chi connectivity index (χ1v) is 10.4. The molecule has 0 heterocycles. The first-order valence-electron chi connectivity index (χ1n) is 10.4. The van der Waals surface area contributed by atoms with Gasteiger partial charge in [0.1, 0.15) is 5.75 Å². The number of benzene rings is 2. The van der Waals surface area contributed by atoms with Crippen molar-refractivity contribution in [2.45, 2.75) is 52.4 Å². The van der Waals surface area contributed by atoms with Crippen LogP contribution in [-0.4, -0.2) is 25.1 Å². The molecule has 1 amide bonds. The van der Waals surface area contributed by atoms with Crippen molar-refractivity contribution in [2.75, 3.05) is 18.5 Å². The van der Waals surface area contributed by atoms with Crippen LogP contribution in [0, 0.1) is 0 Å². The Bertz CT molecular complexity index is 753. The number of carbonyl (C=O) groups is 2. The SMILES string of the molecule is CCCCOC(=O)c1ccc(NC(=O)CCCOc2ccc(CCC)cc2)cc1. The van der Waals surface area contributed by atoms with Gasteiger partial charge in [0.2, 0.25) is 5.91 Å². The van der Waals surface area contributed by atoms with E-state index in [-0.39, 0.29) is 11.9 Å². The summed E-state index contributed by atoms with van der Waals surface area (Å²) in [4.78, 5) is 23.9. The molecule has 2 aromatic rings. The average molecular weight is 398 g/mol. The number of unbranched alkanes of at least 4 members (excludes halogenated alkanes) is 1. The topological polar surface area (TPSA) is 64.6 Å². The second kappa shape index (κ2) is 12.6. The van der Waals surface area contributed by atoms with Crippen LogP contribution in [0.3, 0.4) is 0 Å². The number of hydrogen-bond donors (Lipinski definition) is 1. The number of carbonyl (C=O) groups excluding carboxylic acids is 2. The van der Waals surface area contributed by atoms with Crippen molar-refractivity contribution < 1.29 is 19.1 Å². The van der Waals surface area contributed by atoms with E-state index in [2.05, 4.69) is 24.4 Å². The van der Waals surface area contributed by atoms with Gasteiger partial charge in [0.05, 0.1) is 18.8 Å². The summed E-state index contributed by atoms with van der Waals surface area (Å²) in [5.74, 6) is 0.410. The van der Waals surface area contributed by atoms with E-state index < -0.39 is 0 Å². The lowest BCUT2D eigenvalue weighted by molar-refractivity contribution is -0.116. The van der Waals surface area contributed by atoms with Crippen molar-refractivity contribution in [2.24, 2.45) is 0 Å². The third-order valence-corrected chi connectivity index (χ3v) is 4.41. The van der Waals surface area contributed by atoms with Gasteiger partial charge in [-0.3, -0.25) is 4.79 Å². The quantitative estimate of drug-likeness (QED) is 0.385. The largest absolute Gasteiger partial charge is 0.494 e. The van der Waals surface area contributed by atoms with Gasteiger partial charge in [-0.25, -0.2) is 4.79 Å². The zero-order valence-electron chi connectivity index (χ0n) is 17.4. The van der Waals surface area contributed by atoms with Crippen LogP contribution in [0.25, 0.3) is 0 Å². The van der Waals surface area contributed by atoms with Gasteiger partial charge in [0, 0.05) is 12.1 Å². The predicted molar refractivity (Wildman–Crippen MR) is 115 cm³/mol. The molecular formula is C24H31NO4. The van der Waals surface area contributed by atoms with Gasteiger partial charge in [-0.05, 0) is 61.2 Å². The molecule has 0 saturated carbocycles. The van der Waals surface area contributed by atoms with Gasteiger partial charge < -0.3 is 14.8 Å². The molecule has 0 fully saturated rings. The summed E-state index contributed by atoms with van der Waals surface area (Å²) < 4.78 is 10.9. The molecule has 5 nitrogen and oxygen atoms in total. The number of amides is 1. The normalized spacial score (nSPS) is 10.4. The minimum Gasteiger partial charge on any atom is -0.494 e. The molecule has 29 heavy (non-hydrogen) atoms. The monoisotopic (exact) mass is 397 g/mol. The Morgan fingerprint density at radius 1 is 0.862 bits per heavy atom. The van der Waals surface area contributed by atoms with Gasteiger partial charge in [0.25, 0.3) is 0 Å². The molecule has 0 unspecified atom stereocenters. The van der Waals surface area contributed by atoms with Gasteiger partial charge >= 0.3 is 5.97 Å². The fourth-order valence-corrected chi connectivity index (χ4v) is 2.77. The van der Waals surface area contributed by atoms with Gasteiger partial charge in [0.15, 0.2) is 0 Å². The molecule has 5 heteroatoms. The summed E-state index contributed by atoms with van der Waals surface area (Å²) >= 11 is 0. The Morgan fingerprint density at radius 2 is 1.59 bits per heavy atom. The number of ether oxygens (including phenoxy) is 2. The molecule has 0 aliphatic heterocycles. The molecule has 0 radical (unpaired) electrons. The number of rotatable bonds is 12. The summed E-state index contributed by atoms with van der Waals surface area (Å²) in [6.07, 6.45) is 5.03. The highest BCUT2D eigenvalue weighted by Gasteiger charge is 2.08. The van der Waals surface area contributed by atoms with Crippen LogP contribution in [0.5, 0.6) is 5.75 Å². The van der Waals surface area contributed by atoms with Crippen LogP contribution in [0.15, 0.2) is 48.5 Å². The molecule has 0 aliphatic rings. The van der Waals surface area contributed by atoms with Crippen molar-refractivity contribution in [3.63, 3.8) is 0 Å². The highest BCUT2D eigenvalue weighted by molar-refractivity contribution is 5.93. The first-order chi connectivity index (χ1) is 14.1. The third-order valence-electron chi connectivity index (χ3n) is 4.41. The smallest absolute Gasteiger partial charge is 0.338 e. The van der Waals surface area contributed by atoms with Crippen molar-refractivity contribution in [1.29, 1.82) is 0 Å². The molecule has 0 atom stereocenters. The standard InChI is InChI=1S/C24H31NO4/c1-3-5-17-29-24(27)20-11-13-21(14-12-20)25-23(26)8-6-18-28-22-15-9-19(7-4-2)10-16-22/h9-16H,3-8,17-18H2,1-2H3,(H,25,26). The number of nitrogens with one attached hydrogen (secondary N) is 1. The molecule has 0 aromatic heterocycles. The lowest BCUT2D eigenvalue weighted by atomic mass is 10.1. The van der Waals surface area contributed by atoms with E-state index in [1.165, 1.54) is 5.56 Å². The van der Waals surface area contributed by atoms with E-state index >= 15 is 0 Å². The maximum absolute atomic E-state index is 12.1. The van der Waals surface area contributed by atoms with E-state index in [4.69, 9.17) is 9.47 Å². The zero-order chi connectivity index (χ0) is 20.9. The number of anilines is 1. The Balaban J connectivity index is 1.67. The fourth-order valence-electron chi connectivity index (χ4n) is 2.77. The van der Waals surface area contributed by atoms with Gasteiger partial charge in [-0.15, -0.1) is 0 Å². The van der Waals surface area contributed by atoms with Gasteiger partial charge in [-0.1, -0.05) is 38.8 Å². The second-order valence-corrected chi connectivity index (χ2v) is 6.96. The molecule has 156 valence electrons. The van der Waals surface area contributed by atoms with E-state index in [0.29, 0.717) is 37.3 Å². The molecule has 2 rings (SSSR count). The summed E-state index contributed by atoms with van der Waals surface area (Å²) in [7, 11) is 0. The van der Waals surface area contributed by atoms with E-state index in [9.17, 15) is 9.59 Å². The van der Waals surface area contributed by atoms with Crippen LogP contribution in [0.2, 0.25) is 0 Å². The molecule has 0 saturated heterocycles. The van der Waals surface area contributed by atoms with E-state index in [0.717, 1.165) is 31.4 Å². The van der Waals surface area contributed by atoms with Crippen LogP contribution < -0.4 is 10.1 Å². The zero-order valence-corrected chi connectivity index (χ0v) is 17.4. The predicted octanol–water partition coefficient (Wildman–Crippen LogP) is 5.39. The maximum atomic E-state index is 12.1. The van der Waals surface area contributed by atoms with Crippen LogP contribution >= 0.6 is 0 Å². The van der Waals surface area contributed by atoms with Crippen molar-refractivity contribution in [3.8, 4) is 5.75 Å². The van der Waals surface area contributed by atoms with Crippen molar-refractivity contribution in [1.82, 2.24) is 0 Å². The van der Waals surface area contributed by atoms with Crippen molar-refractivity contribution in [3.05, 3.63) is 59.7 Å². The first kappa shape index (κ1) is 22.5. The van der Waals surface area contributed by atoms with E-state index in [1.54, 1.807) is 24.3 Å². The number of aryl methyl sites for hydroxylation is 1. The number of esters is 1. The van der Waals surface area contributed by atoms with E-state index in [1.807, 2.05) is 19.1 Å². The Morgan fingerprint density at radius 3 is 2.24 bits per heavy atom. The lowest BCUT2D eigenvalue weighted by Gasteiger charge is -2.08. The average Bonchev–Trinajstić information content (AvgIpc) is 2.73.